The number of rotatable bonds is 7. The van der Waals surface area contributed by atoms with E-state index in [0.717, 1.165) is 6.07 Å². The number of halogens is 2. The normalized spacial score (nSPS) is 11.2. The first-order valence-electron chi connectivity index (χ1n) is 7.03. The molecule has 0 aliphatic rings. The van der Waals surface area contributed by atoms with E-state index < -0.39 is 27.5 Å². The molecule has 0 bridgehead atoms. The van der Waals surface area contributed by atoms with Crippen molar-refractivity contribution in [3.63, 3.8) is 0 Å². The topological polar surface area (TPSA) is 116 Å². The summed E-state index contributed by atoms with van der Waals surface area (Å²) in [6, 6.07) is 9.44. The van der Waals surface area contributed by atoms with Crippen LogP contribution in [0.1, 0.15) is 5.56 Å². The summed E-state index contributed by atoms with van der Waals surface area (Å²) >= 11 is 11.5. The predicted octanol–water partition coefficient (Wildman–Crippen LogP) is 2.92. The van der Waals surface area contributed by atoms with E-state index in [1.54, 1.807) is 6.07 Å². The molecule has 8 nitrogen and oxygen atoms in total. The quantitative estimate of drug-likeness (QED) is 0.419. The van der Waals surface area contributed by atoms with Crippen molar-refractivity contribution in [1.29, 1.82) is 0 Å². The minimum atomic E-state index is -4.00. The van der Waals surface area contributed by atoms with E-state index in [2.05, 4.69) is 4.72 Å². The first kappa shape index (κ1) is 20.1. The molecule has 138 valence electrons. The summed E-state index contributed by atoms with van der Waals surface area (Å²) in [5.41, 5.74) is -0.00474. The smallest absolute Gasteiger partial charge is 0.321 e. The van der Waals surface area contributed by atoms with Crippen molar-refractivity contribution >= 4 is 44.9 Å². The van der Waals surface area contributed by atoms with Gasteiger partial charge in [0, 0.05) is 6.07 Å². The Kier molecular flexibility index (Phi) is 6.54. The summed E-state index contributed by atoms with van der Waals surface area (Å²) in [4.78, 5) is 21.8. The number of nitro groups is 1. The second-order valence-corrected chi connectivity index (χ2v) is 7.53. The van der Waals surface area contributed by atoms with Crippen LogP contribution in [-0.2, 0) is 26.2 Å². The van der Waals surface area contributed by atoms with Gasteiger partial charge in [-0.2, -0.15) is 4.72 Å². The SMILES string of the molecule is O=C(CNS(=O)(=O)c1ccc(Cl)c(Cl)c1)OCc1ccccc1[N+](=O)[O-]. The molecule has 1 N–H and O–H groups in total. The van der Waals surface area contributed by atoms with Gasteiger partial charge in [0.05, 0.1) is 25.4 Å². The Labute approximate surface area is 158 Å². The van der Waals surface area contributed by atoms with E-state index in [0.29, 0.717) is 0 Å². The molecule has 0 heterocycles. The Balaban J connectivity index is 1.96. The number of hydrogen-bond donors (Lipinski definition) is 1. The van der Waals surface area contributed by atoms with Gasteiger partial charge in [0.25, 0.3) is 5.69 Å². The highest BCUT2D eigenvalue weighted by Crippen LogP contribution is 2.24. The third kappa shape index (κ3) is 5.15. The number of hydrogen-bond acceptors (Lipinski definition) is 6. The van der Waals surface area contributed by atoms with Gasteiger partial charge in [-0.3, -0.25) is 14.9 Å². The number of sulfonamides is 1. The van der Waals surface area contributed by atoms with Gasteiger partial charge in [-0.05, 0) is 24.3 Å². The van der Waals surface area contributed by atoms with Crippen molar-refractivity contribution in [3.05, 3.63) is 68.2 Å². The number of benzene rings is 2. The van der Waals surface area contributed by atoms with Crippen molar-refractivity contribution in [2.45, 2.75) is 11.5 Å². The lowest BCUT2D eigenvalue weighted by molar-refractivity contribution is -0.385. The molecule has 0 aliphatic carbocycles. The van der Waals surface area contributed by atoms with Gasteiger partial charge in [-0.25, -0.2) is 8.42 Å². The van der Waals surface area contributed by atoms with Crippen LogP contribution in [0.25, 0.3) is 0 Å². The molecule has 0 unspecified atom stereocenters. The summed E-state index contributed by atoms with van der Waals surface area (Å²) in [5, 5.41) is 11.1. The number of esters is 1. The average Bonchev–Trinajstić information content (AvgIpc) is 2.60. The van der Waals surface area contributed by atoms with Crippen molar-refractivity contribution in [2.24, 2.45) is 0 Å². The van der Waals surface area contributed by atoms with E-state index in [-0.39, 0.29) is 32.8 Å². The molecular weight excluding hydrogens is 407 g/mol. The molecular formula is C15H12Cl2N2O6S. The molecule has 11 heteroatoms. The van der Waals surface area contributed by atoms with Gasteiger partial charge in [0.2, 0.25) is 10.0 Å². The van der Waals surface area contributed by atoms with Crippen molar-refractivity contribution in [3.8, 4) is 0 Å². The minimum Gasteiger partial charge on any atom is -0.460 e. The van der Waals surface area contributed by atoms with Crippen molar-refractivity contribution < 1.29 is 22.9 Å². The zero-order valence-corrected chi connectivity index (χ0v) is 15.3. The Bertz CT molecular complexity index is 949. The Morgan fingerprint density at radius 2 is 1.85 bits per heavy atom. The minimum absolute atomic E-state index is 0.0495. The number of nitrogens with zero attached hydrogens (tertiary/aromatic N) is 1. The number of carbonyl (C=O) groups excluding carboxylic acids is 1. The van der Waals surface area contributed by atoms with Gasteiger partial charge in [-0.15, -0.1) is 0 Å². The first-order valence-corrected chi connectivity index (χ1v) is 9.27. The highest BCUT2D eigenvalue weighted by Gasteiger charge is 2.18. The molecule has 0 saturated heterocycles. The monoisotopic (exact) mass is 418 g/mol. The Hall–Kier alpha value is -2.20. The third-order valence-electron chi connectivity index (χ3n) is 3.18. The highest BCUT2D eigenvalue weighted by molar-refractivity contribution is 7.89. The molecule has 0 radical (unpaired) electrons. The molecule has 0 aliphatic heterocycles. The zero-order chi connectivity index (χ0) is 19.3. The summed E-state index contributed by atoms with van der Waals surface area (Å²) in [6.07, 6.45) is 0. The molecule has 2 aromatic carbocycles. The van der Waals surface area contributed by atoms with Gasteiger partial charge in [0.15, 0.2) is 0 Å². The number of carbonyl (C=O) groups is 1. The fraction of sp³-hybridized carbons (Fsp3) is 0.133. The summed E-state index contributed by atoms with van der Waals surface area (Å²) in [6.45, 7) is -1.01. The lowest BCUT2D eigenvalue weighted by atomic mass is 10.2. The van der Waals surface area contributed by atoms with E-state index in [1.165, 1.54) is 30.3 Å². The second kappa shape index (κ2) is 8.45. The summed E-state index contributed by atoms with van der Waals surface area (Å²) in [5.74, 6) is -0.896. The van der Waals surface area contributed by atoms with Crippen LogP contribution in [0.2, 0.25) is 10.0 Å². The third-order valence-corrected chi connectivity index (χ3v) is 5.32. The van der Waals surface area contributed by atoms with E-state index in [4.69, 9.17) is 27.9 Å². The van der Waals surface area contributed by atoms with Gasteiger partial charge in [0.1, 0.15) is 13.2 Å². The number of ether oxygens (including phenoxy) is 1. The Morgan fingerprint density at radius 1 is 1.15 bits per heavy atom. The van der Waals surface area contributed by atoms with Crippen LogP contribution < -0.4 is 4.72 Å². The lowest BCUT2D eigenvalue weighted by Gasteiger charge is -2.08. The van der Waals surface area contributed by atoms with Gasteiger partial charge in [-0.1, -0.05) is 35.3 Å². The molecule has 0 aromatic heterocycles. The lowest BCUT2D eigenvalue weighted by Crippen LogP contribution is -2.30. The van der Waals surface area contributed by atoms with Crippen LogP contribution in [0.3, 0.4) is 0 Å². The van der Waals surface area contributed by atoms with Crippen LogP contribution in [0.5, 0.6) is 0 Å². The number of para-hydroxylation sites is 1. The van der Waals surface area contributed by atoms with Gasteiger partial charge < -0.3 is 4.74 Å². The van der Waals surface area contributed by atoms with E-state index in [1.807, 2.05) is 0 Å². The fourth-order valence-corrected chi connectivity index (χ4v) is 3.26. The van der Waals surface area contributed by atoms with Crippen molar-refractivity contribution in [2.75, 3.05) is 6.54 Å². The molecule has 0 amide bonds. The molecule has 0 fully saturated rings. The average molecular weight is 419 g/mol. The second-order valence-electron chi connectivity index (χ2n) is 4.95. The summed E-state index contributed by atoms with van der Waals surface area (Å²) < 4.78 is 31.1. The van der Waals surface area contributed by atoms with Crippen LogP contribution >= 0.6 is 23.2 Å². The molecule has 0 atom stereocenters. The largest absolute Gasteiger partial charge is 0.460 e. The highest BCUT2D eigenvalue weighted by atomic mass is 35.5. The molecule has 0 spiro atoms. The van der Waals surface area contributed by atoms with Crippen LogP contribution in [-0.4, -0.2) is 25.9 Å². The zero-order valence-electron chi connectivity index (χ0n) is 13.0. The maximum Gasteiger partial charge on any atom is 0.321 e. The van der Waals surface area contributed by atoms with Crippen LogP contribution in [0.4, 0.5) is 5.69 Å². The molecule has 0 saturated carbocycles. The molecule has 2 aromatic rings. The fourth-order valence-electron chi connectivity index (χ4n) is 1.90. The predicted molar refractivity (Wildman–Crippen MR) is 94.5 cm³/mol. The van der Waals surface area contributed by atoms with Crippen LogP contribution in [0, 0.1) is 10.1 Å². The maximum absolute atomic E-state index is 12.1. The molecule has 2 rings (SSSR count). The summed E-state index contributed by atoms with van der Waals surface area (Å²) in [7, 11) is -4.00. The van der Waals surface area contributed by atoms with Gasteiger partial charge >= 0.3 is 5.97 Å². The van der Waals surface area contributed by atoms with Crippen LogP contribution in [0.15, 0.2) is 47.4 Å². The Morgan fingerprint density at radius 3 is 2.50 bits per heavy atom. The van der Waals surface area contributed by atoms with E-state index >= 15 is 0 Å². The standard InChI is InChI=1S/C15H12Cl2N2O6S/c16-12-6-5-11(7-13(12)17)26(23,24)18-8-15(20)25-9-10-3-1-2-4-14(10)19(21)22/h1-7,18H,8-9H2. The maximum atomic E-state index is 12.1. The first-order chi connectivity index (χ1) is 12.2. The number of nitrogens with one attached hydrogen (secondary N) is 1. The number of nitro benzene ring substituents is 1. The van der Waals surface area contributed by atoms with E-state index in [9.17, 15) is 23.3 Å². The van der Waals surface area contributed by atoms with Crippen molar-refractivity contribution in [1.82, 2.24) is 4.72 Å². The molecule has 26 heavy (non-hydrogen) atoms.